The predicted molar refractivity (Wildman–Crippen MR) is 43.7 cm³/mol. The molecule has 4 heteroatoms. The zero-order valence-electron chi connectivity index (χ0n) is 6.44. The van der Waals surface area contributed by atoms with Crippen molar-refractivity contribution in [1.82, 2.24) is 0 Å². The molecule has 0 radical (unpaired) electrons. The highest BCUT2D eigenvalue weighted by atomic mass is 16.3. The minimum absolute atomic E-state index is 0.286. The average Bonchev–Trinajstić information content (AvgIpc) is 1.87. The van der Waals surface area contributed by atoms with Crippen LogP contribution in [0.5, 0.6) is 0 Å². The highest BCUT2D eigenvalue weighted by molar-refractivity contribution is 4.99. The van der Waals surface area contributed by atoms with E-state index in [2.05, 4.69) is 16.6 Å². The van der Waals surface area contributed by atoms with Gasteiger partial charge in [0.05, 0.1) is 6.10 Å². The molecule has 1 unspecified atom stereocenters. The van der Waals surface area contributed by atoms with Crippen molar-refractivity contribution < 1.29 is 5.11 Å². The quantitative estimate of drug-likeness (QED) is 0.286. The second-order valence-electron chi connectivity index (χ2n) is 2.05. The van der Waals surface area contributed by atoms with Crippen LogP contribution in [0.2, 0.25) is 0 Å². The van der Waals surface area contributed by atoms with Crippen molar-refractivity contribution in [1.29, 1.82) is 0 Å². The Morgan fingerprint density at radius 2 is 2.55 bits per heavy atom. The molecule has 0 rings (SSSR count). The summed E-state index contributed by atoms with van der Waals surface area (Å²) in [6.45, 7) is 5.26. The van der Waals surface area contributed by atoms with Crippen LogP contribution in [0.25, 0.3) is 10.4 Å². The first-order valence-corrected chi connectivity index (χ1v) is 3.24. The summed E-state index contributed by atoms with van der Waals surface area (Å²) >= 11 is 0. The maximum atomic E-state index is 9.12. The van der Waals surface area contributed by atoms with Gasteiger partial charge in [0, 0.05) is 17.0 Å². The van der Waals surface area contributed by atoms with E-state index in [-0.39, 0.29) is 6.42 Å². The fourth-order valence-corrected chi connectivity index (χ4v) is 0.636. The Labute approximate surface area is 65.5 Å². The number of hydrogen-bond donors (Lipinski definition) is 1. The first kappa shape index (κ1) is 9.75. The number of aliphatic hydroxyl groups is 1. The van der Waals surface area contributed by atoms with Crippen LogP contribution in [0.4, 0.5) is 0 Å². The lowest BCUT2D eigenvalue weighted by molar-refractivity contribution is 0.223. The van der Waals surface area contributed by atoms with Crippen LogP contribution in [0.3, 0.4) is 0 Å². The van der Waals surface area contributed by atoms with Crippen molar-refractivity contribution in [2.45, 2.75) is 19.4 Å². The van der Waals surface area contributed by atoms with Crippen LogP contribution in [-0.2, 0) is 0 Å². The van der Waals surface area contributed by atoms with Crippen molar-refractivity contribution in [3.63, 3.8) is 0 Å². The second kappa shape index (κ2) is 5.53. The summed E-state index contributed by atoms with van der Waals surface area (Å²) in [5.74, 6) is 0. The van der Waals surface area contributed by atoms with E-state index < -0.39 is 6.10 Å². The van der Waals surface area contributed by atoms with Gasteiger partial charge in [-0.25, -0.2) is 0 Å². The summed E-state index contributed by atoms with van der Waals surface area (Å²) in [6, 6.07) is 0. The van der Waals surface area contributed by atoms with Crippen LogP contribution in [0, 0.1) is 0 Å². The SMILES string of the molecule is C=C(CC(O)/C=C/C)N=[N+]=[N-]. The zero-order valence-corrected chi connectivity index (χ0v) is 6.44. The smallest absolute Gasteiger partial charge is 0.0759 e. The topological polar surface area (TPSA) is 69.0 Å². The van der Waals surface area contributed by atoms with Gasteiger partial charge < -0.3 is 5.11 Å². The van der Waals surface area contributed by atoms with Crippen molar-refractivity contribution >= 4 is 0 Å². The Hall–Kier alpha value is -1.25. The van der Waals surface area contributed by atoms with Gasteiger partial charge in [-0.1, -0.05) is 23.8 Å². The number of rotatable bonds is 4. The maximum absolute atomic E-state index is 9.12. The number of allylic oxidation sites excluding steroid dienone is 1. The summed E-state index contributed by atoms with van der Waals surface area (Å²) < 4.78 is 0. The summed E-state index contributed by atoms with van der Waals surface area (Å²) in [6.07, 6.45) is 3.03. The third-order valence-corrected chi connectivity index (χ3v) is 1.05. The molecule has 1 atom stereocenters. The zero-order chi connectivity index (χ0) is 8.69. The van der Waals surface area contributed by atoms with Crippen LogP contribution in [0.1, 0.15) is 13.3 Å². The Kier molecular flexibility index (Phi) is 4.90. The van der Waals surface area contributed by atoms with Crippen molar-refractivity contribution in [2.24, 2.45) is 5.11 Å². The molecule has 0 aromatic heterocycles. The average molecular weight is 153 g/mol. The van der Waals surface area contributed by atoms with Gasteiger partial charge in [-0.05, 0) is 12.5 Å². The molecule has 0 aliphatic rings. The Balaban J connectivity index is 3.84. The van der Waals surface area contributed by atoms with E-state index in [1.807, 2.05) is 0 Å². The van der Waals surface area contributed by atoms with E-state index in [9.17, 15) is 0 Å². The van der Waals surface area contributed by atoms with Gasteiger partial charge in [0.1, 0.15) is 0 Å². The third kappa shape index (κ3) is 5.21. The molecule has 60 valence electrons. The fraction of sp³-hybridized carbons (Fsp3) is 0.429. The minimum atomic E-state index is -0.599. The van der Waals surface area contributed by atoms with Crippen LogP contribution in [-0.4, -0.2) is 11.2 Å². The van der Waals surface area contributed by atoms with Gasteiger partial charge in [-0.15, -0.1) is 0 Å². The van der Waals surface area contributed by atoms with E-state index in [4.69, 9.17) is 10.6 Å². The van der Waals surface area contributed by atoms with E-state index >= 15 is 0 Å². The Morgan fingerprint density at radius 1 is 1.91 bits per heavy atom. The monoisotopic (exact) mass is 153 g/mol. The molecule has 0 aromatic carbocycles. The molecule has 0 spiro atoms. The molecule has 4 nitrogen and oxygen atoms in total. The summed E-state index contributed by atoms with van der Waals surface area (Å²) in [4.78, 5) is 2.54. The lowest BCUT2D eigenvalue weighted by Gasteiger charge is -2.02. The molecule has 0 aliphatic carbocycles. The van der Waals surface area contributed by atoms with E-state index in [1.54, 1.807) is 19.1 Å². The second-order valence-corrected chi connectivity index (χ2v) is 2.05. The van der Waals surface area contributed by atoms with Crippen LogP contribution < -0.4 is 0 Å². The Morgan fingerprint density at radius 3 is 3.00 bits per heavy atom. The molecular formula is C7H11N3O. The molecule has 0 bridgehead atoms. The molecule has 0 fully saturated rings. The lowest BCUT2D eigenvalue weighted by atomic mass is 10.2. The number of azide groups is 1. The molecular weight excluding hydrogens is 142 g/mol. The van der Waals surface area contributed by atoms with E-state index in [0.29, 0.717) is 5.70 Å². The molecule has 0 heterocycles. The van der Waals surface area contributed by atoms with Crippen molar-refractivity contribution in [3.8, 4) is 0 Å². The summed E-state index contributed by atoms with van der Waals surface area (Å²) in [7, 11) is 0. The Bertz CT molecular complexity index is 204. The van der Waals surface area contributed by atoms with Crippen LogP contribution >= 0.6 is 0 Å². The number of aliphatic hydroxyl groups excluding tert-OH is 1. The van der Waals surface area contributed by atoms with Gasteiger partial charge in [0.25, 0.3) is 0 Å². The van der Waals surface area contributed by atoms with E-state index in [0.717, 1.165) is 0 Å². The number of hydrogen-bond acceptors (Lipinski definition) is 2. The molecule has 1 N–H and O–H groups in total. The molecule has 11 heavy (non-hydrogen) atoms. The summed E-state index contributed by atoms with van der Waals surface area (Å²) in [5, 5.41) is 12.4. The fourth-order valence-electron chi connectivity index (χ4n) is 0.636. The van der Waals surface area contributed by atoms with Crippen molar-refractivity contribution in [2.75, 3.05) is 0 Å². The largest absolute Gasteiger partial charge is 0.389 e. The van der Waals surface area contributed by atoms with Crippen LogP contribution in [0.15, 0.2) is 29.5 Å². The van der Waals surface area contributed by atoms with E-state index in [1.165, 1.54) is 0 Å². The molecule has 0 aliphatic heterocycles. The maximum Gasteiger partial charge on any atom is 0.0759 e. The standard InChI is InChI=1S/C7H11N3O/c1-3-4-7(11)5-6(2)9-10-8/h3-4,7,11H,2,5H2,1H3/b4-3+. The highest BCUT2D eigenvalue weighted by Gasteiger charge is 1.98. The molecule has 0 amide bonds. The van der Waals surface area contributed by atoms with Gasteiger partial charge >= 0.3 is 0 Å². The van der Waals surface area contributed by atoms with Gasteiger partial charge in [-0.3, -0.25) is 0 Å². The minimum Gasteiger partial charge on any atom is -0.389 e. The van der Waals surface area contributed by atoms with Crippen molar-refractivity contribution in [3.05, 3.63) is 34.9 Å². The first-order valence-electron chi connectivity index (χ1n) is 3.24. The molecule has 0 saturated carbocycles. The van der Waals surface area contributed by atoms with Gasteiger partial charge in [0.15, 0.2) is 0 Å². The third-order valence-electron chi connectivity index (χ3n) is 1.05. The normalized spacial score (nSPS) is 12.5. The first-order chi connectivity index (χ1) is 5.20. The van der Waals surface area contributed by atoms with Gasteiger partial charge in [-0.2, -0.15) is 0 Å². The predicted octanol–water partition coefficient (Wildman–Crippen LogP) is 2.14. The highest BCUT2D eigenvalue weighted by Crippen LogP contribution is 2.05. The summed E-state index contributed by atoms with van der Waals surface area (Å²) in [5.41, 5.74) is 8.32. The molecule has 0 aromatic rings. The van der Waals surface area contributed by atoms with Gasteiger partial charge in [0.2, 0.25) is 0 Å². The lowest BCUT2D eigenvalue weighted by Crippen LogP contribution is -2.01. The number of nitrogens with zero attached hydrogens (tertiary/aromatic N) is 3. The molecule has 0 saturated heterocycles.